The van der Waals surface area contributed by atoms with Crippen LogP contribution in [0.3, 0.4) is 0 Å². The van der Waals surface area contributed by atoms with E-state index in [1.807, 2.05) is 47.4 Å². The zero-order valence-corrected chi connectivity index (χ0v) is 16.2. The normalized spacial score (nSPS) is 20.4. The molecule has 0 bridgehead atoms. The second-order valence-corrected chi connectivity index (χ2v) is 7.66. The van der Waals surface area contributed by atoms with Crippen LogP contribution in [-0.4, -0.2) is 73.5 Å². The van der Waals surface area contributed by atoms with E-state index >= 15 is 0 Å². The molecule has 0 aromatic heterocycles. The Morgan fingerprint density at radius 3 is 2.68 bits per heavy atom. The van der Waals surface area contributed by atoms with E-state index < -0.39 is 0 Å². The largest absolute Gasteiger partial charge is 0.347 e. The van der Waals surface area contributed by atoms with Gasteiger partial charge in [0.15, 0.2) is 0 Å². The summed E-state index contributed by atoms with van der Waals surface area (Å²) in [7, 11) is 0. The molecule has 28 heavy (non-hydrogen) atoms. The van der Waals surface area contributed by atoms with Crippen molar-refractivity contribution in [3.8, 4) is 0 Å². The van der Waals surface area contributed by atoms with Gasteiger partial charge in [-0.15, -0.1) is 0 Å². The van der Waals surface area contributed by atoms with Gasteiger partial charge in [0.25, 0.3) is 0 Å². The van der Waals surface area contributed by atoms with Crippen molar-refractivity contribution in [1.29, 1.82) is 0 Å². The minimum absolute atomic E-state index is 0.0175. The highest BCUT2D eigenvalue weighted by molar-refractivity contribution is 5.91. The second-order valence-electron chi connectivity index (χ2n) is 7.66. The summed E-state index contributed by atoms with van der Waals surface area (Å²) in [6.45, 7) is 5.79. The molecule has 2 aromatic carbocycles. The number of likely N-dealkylation sites (tertiary alicyclic amines) is 1. The van der Waals surface area contributed by atoms with Gasteiger partial charge in [0, 0.05) is 45.3 Å². The molecule has 2 saturated heterocycles. The van der Waals surface area contributed by atoms with Crippen LogP contribution in [0.15, 0.2) is 42.5 Å². The van der Waals surface area contributed by atoms with Gasteiger partial charge in [0.05, 0.1) is 13.0 Å². The van der Waals surface area contributed by atoms with Gasteiger partial charge in [0.1, 0.15) is 0 Å². The van der Waals surface area contributed by atoms with Crippen LogP contribution in [0.25, 0.3) is 10.8 Å². The SMILES string of the molecule is O=C(Cc1cccc2ccccc12)NCC(=O)N1CCC(N2CCNCC2)C1. The fourth-order valence-electron chi connectivity index (χ4n) is 4.28. The Hall–Kier alpha value is -2.44. The van der Waals surface area contributed by atoms with Gasteiger partial charge in [-0.05, 0) is 22.8 Å². The van der Waals surface area contributed by atoms with Crippen molar-refractivity contribution in [1.82, 2.24) is 20.4 Å². The average Bonchev–Trinajstić information content (AvgIpc) is 3.23. The molecule has 0 radical (unpaired) electrons. The highest BCUT2D eigenvalue weighted by atomic mass is 16.2. The Labute approximate surface area is 165 Å². The molecule has 2 aromatic rings. The summed E-state index contributed by atoms with van der Waals surface area (Å²) in [6.07, 6.45) is 1.31. The third-order valence-electron chi connectivity index (χ3n) is 5.85. The van der Waals surface area contributed by atoms with E-state index in [4.69, 9.17) is 0 Å². The number of rotatable bonds is 5. The van der Waals surface area contributed by atoms with Crippen LogP contribution in [0.4, 0.5) is 0 Å². The lowest BCUT2D eigenvalue weighted by atomic mass is 10.0. The minimum atomic E-state index is -0.109. The minimum Gasteiger partial charge on any atom is -0.347 e. The summed E-state index contributed by atoms with van der Waals surface area (Å²) in [4.78, 5) is 29.3. The zero-order chi connectivity index (χ0) is 19.3. The summed E-state index contributed by atoms with van der Waals surface area (Å²) in [5.74, 6) is -0.0912. The van der Waals surface area contributed by atoms with Gasteiger partial charge >= 0.3 is 0 Å². The number of benzene rings is 2. The fourth-order valence-corrected chi connectivity index (χ4v) is 4.28. The van der Waals surface area contributed by atoms with E-state index in [1.165, 1.54) is 0 Å². The molecule has 148 valence electrons. The Morgan fingerprint density at radius 2 is 1.82 bits per heavy atom. The van der Waals surface area contributed by atoms with Gasteiger partial charge in [-0.3, -0.25) is 14.5 Å². The molecule has 0 aliphatic carbocycles. The average molecular weight is 380 g/mol. The Morgan fingerprint density at radius 1 is 1.04 bits per heavy atom. The maximum absolute atomic E-state index is 12.5. The fraction of sp³-hybridized carbons (Fsp3) is 0.455. The van der Waals surface area contributed by atoms with Crippen LogP contribution in [-0.2, 0) is 16.0 Å². The molecule has 6 nitrogen and oxygen atoms in total. The lowest BCUT2D eigenvalue weighted by Crippen LogP contribution is -2.49. The number of piperazine rings is 1. The van der Waals surface area contributed by atoms with Crippen molar-refractivity contribution < 1.29 is 9.59 Å². The smallest absolute Gasteiger partial charge is 0.242 e. The second kappa shape index (κ2) is 8.71. The maximum Gasteiger partial charge on any atom is 0.242 e. The highest BCUT2D eigenvalue weighted by Gasteiger charge is 2.30. The van der Waals surface area contributed by atoms with Crippen LogP contribution >= 0.6 is 0 Å². The van der Waals surface area contributed by atoms with E-state index in [-0.39, 0.29) is 24.8 Å². The zero-order valence-electron chi connectivity index (χ0n) is 16.2. The van der Waals surface area contributed by atoms with Crippen molar-refractivity contribution in [2.75, 3.05) is 45.8 Å². The lowest BCUT2D eigenvalue weighted by molar-refractivity contribution is -0.132. The number of carbonyl (C=O) groups excluding carboxylic acids is 2. The number of nitrogens with zero attached hydrogens (tertiary/aromatic N) is 2. The van der Waals surface area contributed by atoms with Crippen LogP contribution in [0.5, 0.6) is 0 Å². The van der Waals surface area contributed by atoms with Gasteiger partial charge < -0.3 is 15.5 Å². The predicted octanol–water partition coefficient (Wildman–Crippen LogP) is 1.00. The van der Waals surface area contributed by atoms with Gasteiger partial charge in [-0.25, -0.2) is 0 Å². The number of amides is 2. The molecule has 2 heterocycles. The molecule has 1 atom stereocenters. The molecule has 2 aliphatic rings. The molecule has 4 rings (SSSR count). The van der Waals surface area contributed by atoms with Crippen LogP contribution in [0.1, 0.15) is 12.0 Å². The van der Waals surface area contributed by atoms with Crippen molar-refractivity contribution in [3.05, 3.63) is 48.0 Å². The first-order valence-corrected chi connectivity index (χ1v) is 10.2. The number of nitrogens with one attached hydrogen (secondary N) is 2. The molecule has 1 unspecified atom stereocenters. The standard InChI is InChI=1S/C22H28N4O2/c27-21(14-18-6-3-5-17-4-1-2-7-20(17)18)24-15-22(28)26-11-8-19(16-26)25-12-9-23-10-13-25/h1-7,19,23H,8-16H2,(H,24,27). The van der Waals surface area contributed by atoms with Crippen molar-refractivity contribution in [2.45, 2.75) is 18.9 Å². The molecule has 0 spiro atoms. The lowest BCUT2D eigenvalue weighted by Gasteiger charge is -2.32. The van der Waals surface area contributed by atoms with Crippen LogP contribution < -0.4 is 10.6 Å². The number of hydrogen-bond donors (Lipinski definition) is 2. The van der Waals surface area contributed by atoms with Gasteiger partial charge in [0.2, 0.25) is 11.8 Å². The van der Waals surface area contributed by atoms with Gasteiger partial charge in [-0.1, -0.05) is 42.5 Å². The Bertz CT molecular complexity index is 842. The third-order valence-corrected chi connectivity index (χ3v) is 5.85. The summed E-state index contributed by atoms with van der Waals surface area (Å²) < 4.78 is 0. The quantitative estimate of drug-likeness (QED) is 0.813. The molecular weight excluding hydrogens is 352 g/mol. The molecule has 0 saturated carbocycles. The highest BCUT2D eigenvalue weighted by Crippen LogP contribution is 2.19. The monoisotopic (exact) mass is 380 g/mol. The van der Waals surface area contributed by atoms with Crippen molar-refractivity contribution >= 4 is 22.6 Å². The number of fused-ring (bicyclic) bond motifs is 1. The first-order chi connectivity index (χ1) is 13.7. The molecule has 2 aliphatic heterocycles. The van der Waals surface area contributed by atoms with Crippen molar-refractivity contribution in [2.24, 2.45) is 0 Å². The molecular formula is C22H28N4O2. The topological polar surface area (TPSA) is 64.7 Å². The van der Waals surface area contributed by atoms with E-state index in [0.29, 0.717) is 6.04 Å². The Balaban J connectivity index is 1.27. The number of carbonyl (C=O) groups is 2. The summed E-state index contributed by atoms with van der Waals surface area (Å²) >= 11 is 0. The third kappa shape index (κ3) is 4.34. The number of hydrogen-bond acceptors (Lipinski definition) is 4. The van der Waals surface area contributed by atoms with Crippen LogP contribution in [0.2, 0.25) is 0 Å². The first-order valence-electron chi connectivity index (χ1n) is 10.2. The molecule has 2 fully saturated rings. The van der Waals surface area contributed by atoms with E-state index in [9.17, 15) is 9.59 Å². The molecule has 2 N–H and O–H groups in total. The summed E-state index contributed by atoms with van der Waals surface area (Å²) in [5, 5.41) is 8.39. The van der Waals surface area contributed by atoms with Gasteiger partial charge in [-0.2, -0.15) is 0 Å². The molecule has 2 amide bonds. The van der Waals surface area contributed by atoms with Crippen molar-refractivity contribution in [3.63, 3.8) is 0 Å². The molecule has 6 heteroatoms. The summed E-state index contributed by atoms with van der Waals surface area (Å²) in [5.41, 5.74) is 0.989. The maximum atomic E-state index is 12.5. The van der Waals surface area contributed by atoms with E-state index in [1.54, 1.807) is 0 Å². The predicted molar refractivity (Wildman–Crippen MR) is 110 cm³/mol. The van der Waals surface area contributed by atoms with Crippen LogP contribution in [0, 0.1) is 0 Å². The van der Waals surface area contributed by atoms with E-state index in [2.05, 4.69) is 15.5 Å². The summed E-state index contributed by atoms with van der Waals surface area (Å²) in [6, 6.07) is 14.5. The van der Waals surface area contributed by atoms with E-state index in [0.717, 1.165) is 62.0 Å². The Kier molecular flexibility index (Phi) is 5.88. The first kappa shape index (κ1) is 18.9.